The van der Waals surface area contributed by atoms with Crippen LogP contribution in [0.15, 0.2) is 46.9 Å². The van der Waals surface area contributed by atoms with Crippen LogP contribution in [0.5, 0.6) is 0 Å². The molecule has 1 aliphatic heterocycles. The van der Waals surface area contributed by atoms with Crippen LogP contribution in [-0.2, 0) is 11.2 Å². The van der Waals surface area contributed by atoms with Gasteiger partial charge in [-0.1, -0.05) is 0 Å². The number of nitrogens with zero attached hydrogens (tertiary/aromatic N) is 4. The number of hydrogen-bond acceptors (Lipinski definition) is 7. The molecule has 1 amide bonds. The maximum Gasteiger partial charge on any atom is 0.412 e. The second-order valence-electron chi connectivity index (χ2n) is 7.38. The number of alkyl carbamates (subject to hydrolysis) is 1. The highest BCUT2D eigenvalue weighted by Gasteiger charge is 2.31. The second-order valence-corrected chi connectivity index (χ2v) is 7.38. The van der Waals surface area contributed by atoms with Crippen LogP contribution in [0, 0.1) is 23.3 Å². The minimum Gasteiger partial charge on any atom is -0.402 e. The summed E-state index contributed by atoms with van der Waals surface area (Å²) in [5.74, 6) is -4.61. The Labute approximate surface area is 190 Å². The minimum absolute atomic E-state index is 0.0457. The highest BCUT2D eigenvalue weighted by molar-refractivity contribution is 5.98. The summed E-state index contributed by atoms with van der Waals surface area (Å²) in [6.07, 6.45) is -2.29. The monoisotopic (exact) mass is 477 g/mol. The van der Waals surface area contributed by atoms with E-state index in [2.05, 4.69) is 15.4 Å². The molecule has 9 nitrogen and oxygen atoms in total. The fourth-order valence-electron chi connectivity index (χ4n) is 3.53. The van der Waals surface area contributed by atoms with Crippen molar-refractivity contribution in [2.24, 2.45) is 16.5 Å². The average Bonchev–Trinajstić information content (AvgIpc) is 3.16. The molecule has 0 aliphatic carbocycles. The van der Waals surface area contributed by atoms with Gasteiger partial charge in [0, 0.05) is 31.5 Å². The van der Waals surface area contributed by atoms with Crippen LogP contribution in [0.25, 0.3) is 10.9 Å². The molecule has 178 valence electrons. The van der Waals surface area contributed by atoms with Crippen molar-refractivity contribution >= 4 is 22.8 Å². The second kappa shape index (κ2) is 8.57. The SMILES string of the molecule is CNC(=O)OC1=C(N)N(C)C(n2nc(Cc3c(F)ccc(F)c3F)c3cc(F)ccc32)N=C1N. The van der Waals surface area contributed by atoms with Gasteiger partial charge < -0.3 is 26.4 Å². The van der Waals surface area contributed by atoms with E-state index in [1.54, 1.807) is 0 Å². The van der Waals surface area contributed by atoms with Crippen LogP contribution >= 0.6 is 0 Å². The van der Waals surface area contributed by atoms with Gasteiger partial charge in [0.15, 0.2) is 17.5 Å². The van der Waals surface area contributed by atoms with Crippen LogP contribution in [-0.4, -0.2) is 40.7 Å². The van der Waals surface area contributed by atoms with E-state index in [1.165, 1.54) is 35.8 Å². The summed E-state index contributed by atoms with van der Waals surface area (Å²) < 4.78 is 62.7. The van der Waals surface area contributed by atoms with E-state index in [1.807, 2.05) is 0 Å². The maximum atomic E-state index is 14.3. The van der Waals surface area contributed by atoms with E-state index in [0.717, 1.165) is 12.1 Å². The van der Waals surface area contributed by atoms with Gasteiger partial charge in [0.25, 0.3) is 0 Å². The Kier molecular flexibility index (Phi) is 5.77. The first-order valence-corrected chi connectivity index (χ1v) is 9.87. The van der Waals surface area contributed by atoms with Crippen LogP contribution in [0.4, 0.5) is 22.4 Å². The van der Waals surface area contributed by atoms with Crippen molar-refractivity contribution in [3.63, 3.8) is 0 Å². The number of rotatable bonds is 4. The van der Waals surface area contributed by atoms with Crippen molar-refractivity contribution in [3.05, 3.63) is 76.4 Å². The molecule has 1 atom stereocenters. The lowest BCUT2D eigenvalue weighted by Crippen LogP contribution is -2.41. The number of aliphatic imine (C=N–C) groups is 1. The fourth-order valence-corrected chi connectivity index (χ4v) is 3.53. The molecule has 13 heteroatoms. The largest absolute Gasteiger partial charge is 0.412 e. The number of nitrogens with two attached hydrogens (primary N) is 2. The van der Waals surface area contributed by atoms with E-state index in [0.29, 0.717) is 11.6 Å². The predicted molar refractivity (Wildman–Crippen MR) is 114 cm³/mol. The third-order valence-electron chi connectivity index (χ3n) is 5.29. The summed E-state index contributed by atoms with van der Waals surface area (Å²) in [4.78, 5) is 17.3. The molecule has 2 heterocycles. The highest BCUT2D eigenvalue weighted by atomic mass is 19.2. The Balaban J connectivity index is 1.81. The Morgan fingerprint density at radius 3 is 2.56 bits per heavy atom. The lowest BCUT2D eigenvalue weighted by atomic mass is 10.1. The molecule has 0 fully saturated rings. The Hall–Kier alpha value is -4.29. The Morgan fingerprint density at radius 2 is 1.85 bits per heavy atom. The van der Waals surface area contributed by atoms with Gasteiger partial charge in [0.1, 0.15) is 17.5 Å². The number of nitrogens with one attached hydrogen (secondary N) is 1. The van der Waals surface area contributed by atoms with E-state index in [-0.39, 0.29) is 28.5 Å². The number of amides is 1. The summed E-state index contributed by atoms with van der Waals surface area (Å²) in [7, 11) is 2.87. The van der Waals surface area contributed by atoms with Crippen LogP contribution < -0.4 is 16.8 Å². The van der Waals surface area contributed by atoms with Gasteiger partial charge in [-0.15, -0.1) is 0 Å². The number of hydrogen-bond donors (Lipinski definition) is 3. The third-order valence-corrected chi connectivity index (χ3v) is 5.29. The normalized spacial score (nSPS) is 16.1. The Bertz CT molecular complexity index is 1370. The Morgan fingerprint density at radius 1 is 1.15 bits per heavy atom. The number of aromatic nitrogens is 2. The molecule has 0 spiro atoms. The molecule has 0 bridgehead atoms. The van der Waals surface area contributed by atoms with Crippen LogP contribution in [0.1, 0.15) is 17.5 Å². The first kappa shape index (κ1) is 22.9. The van der Waals surface area contributed by atoms with Gasteiger partial charge in [-0.2, -0.15) is 5.10 Å². The van der Waals surface area contributed by atoms with E-state index in [9.17, 15) is 22.4 Å². The summed E-state index contributed by atoms with van der Waals surface area (Å²) in [6.45, 7) is 0. The van der Waals surface area contributed by atoms with Gasteiger partial charge in [0.2, 0.25) is 12.0 Å². The molecule has 34 heavy (non-hydrogen) atoms. The minimum atomic E-state index is -1.36. The van der Waals surface area contributed by atoms with Crippen molar-refractivity contribution in [1.82, 2.24) is 20.0 Å². The zero-order valence-corrected chi connectivity index (χ0v) is 17.9. The molecule has 3 aromatic rings. The van der Waals surface area contributed by atoms with Gasteiger partial charge in [-0.25, -0.2) is 32.0 Å². The summed E-state index contributed by atoms with van der Waals surface area (Å²) in [5, 5.41) is 6.86. The number of benzene rings is 2. The highest BCUT2D eigenvalue weighted by Crippen LogP contribution is 2.31. The number of carbonyl (C=O) groups excluding carboxylic acids is 1. The van der Waals surface area contributed by atoms with Crippen molar-refractivity contribution in [3.8, 4) is 0 Å². The lowest BCUT2D eigenvalue weighted by molar-refractivity contribution is 0.165. The zero-order valence-electron chi connectivity index (χ0n) is 17.9. The molecule has 0 saturated carbocycles. The van der Waals surface area contributed by atoms with Gasteiger partial charge in [-0.3, -0.25) is 0 Å². The zero-order chi connectivity index (χ0) is 24.7. The molecule has 1 aromatic heterocycles. The number of halogens is 4. The van der Waals surface area contributed by atoms with Gasteiger partial charge >= 0.3 is 6.09 Å². The van der Waals surface area contributed by atoms with Crippen molar-refractivity contribution in [2.75, 3.05) is 14.1 Å². The maximum absolute atomic E-state index is 14.3. The molecule has 2 aromatic carbocycles. The van der Waals surface area contributed by atoms with Crippen molar-refractivity contribution in [2.45, 2.75) is 12.7 Å². The average molecular weight is 477 g/mol. The number of amidine groups is 1. The fraction of sp³-hybridized carbons (Fsp3) is 0.190. The molecular weight excluding hydrogens is 458 g/mol. The molecule has 4 rings (SSSR count). The molecule has 5 N–H and O–H groups in total. The van der Waals surface area contributed by atoms with Crippen molar-refractivity contribution in [1.29, 1.82) is 0 Å². The quantitative estimate of drug-likeness (QED) is 0.392. The molecule has 1 unspecified atom stereocenters. The summed E-state index contributed by atoms with van der Waals surface area (Å²) in [6, 6.07) is 5.18. The van der Waals surface area contributed by atoms with E-state index >= 15 is 0 Å². The first-order valence-electron chi connectivity index (χ1n) is 9.87. The summed E-state index contributed by atoms with van der Waals surface area (Å²) in [5.41, 5.74) is 11.9. The van der Waals surface area contributed by atoms with Crippen molar-refractivity contribution < 1.29 is 27.1 Å². The predicted octanol–water partition coefficient (Wildman–Crippen LogP) is 2.43. The van der Waals surface area contributed by atoms with E-state index in [4.69, 9.17) is 16.2 Å². The first-order chi connectivity index (χ1) is 16.1. The topological polar surface area (TPSA) is 124 Å². The van der Waals surface area contributed by atoms with E-state index < -0.39 is 47.6 Å². The van der Waals surface area contributed by atoms with Crippen LogP contribution in [0.3, 0.4) is 0 Å². The number of fused-ring (bicyclic) bond motifs is 1. The van der Waals surface area contributed by atoms with Gasteiger partial charge in [0.05, 0.1) is 11.2 Å². The smallest absolute Gasteiger partial charge is 0.402 e. The molecular formula is C21H19F4N7O2. The standard InChI is InChI=1S/C21H19F4N7O2/c1-28-21(33)34-17-18(26)29-20(31(2)19(17)27)32-15-6-3-9(22)7-11(15)14(30-32)8-10-12(23)4-5-13(24)16(10)25/h3-7,20H,8,27H2,1-2H3,(H2,26,29)(H,28,33). The van der Waals surface area contributed by atoms with Crippen LogP contribution in [0.2, 0.25) is 0 Å². The van der Waals surface area contributed by atoms with Gasteiger partial charge in [-0.05, 0) is 30.3 Å². The summed E-state index contributed by atoms with van der Waals surface area (Å²) >= 11 is 0. The number of ether oxygens (including phenoxy) is 1. The third kappa shape index (κ3) is 3.84. The lowest BCUT2D eigenvalue weighted by Gasteiger charge is -2.32. The number of carbonyl (C=O) groups is 1. The molecule has 1 aliphatic rings. The molecule has 0 saturated heterocycles. The molecule has 0 radical (unpaired) electrons.